The number of nitrogens with zero attached hydrogens (tertiary/aromatic N) is 3. The quantitative estimate of drug-likeness (QED) is 0.914. The molecule has 2 aliphatic heterocycles. The molecular weight excluding hydrogens is 294 g/mol. The molecule has 1 amide bonds. The van der Waals surface area contributed by atoms with Crippen molar-refractivity contribution in [3.05, 3.63) is 29.8 Å². The minimum atomic E-state index is -0.169. The van der Waals surface area contributed by atoms with Crippen LogP contribution in [0.15, 0.2) is 29.4 Å². The number of aliphatic hydroxyl groups is 1. The van der Waals surface area contributed by atoms with Crippen LogP contribution in [-0.4, -0.2) is 60.6 Å². The Morgan fingerprint density at radius 2 is 2.13 bits per heavy atom. The Bertz CT molecular complexity index is 600. The summed E-state index contributed by atoms with van der Waals surface area (Å²) in [6, 6.07) is 7.34. The summed E-state index contributed by atoms with van der Waals surface area (Å²) < 4.78 is 5.33. The Hall–Kier alpha value is -1.92. The summed E-state index contributed by atoms with van der Waals surface area (Å²) in [7, 11) is 1.64. The second kappa shape index (κ2) is 6.68. The molecule has 2 atom stereocenters. The molecule has 0 aromatic heterocycles. The molecule has 1 N–H and O–H groups in total. The molecule has 124 valence electrons. The number of carbonyl (C=O) groups is 1. The van der Waals surface area contributed by atoms with Gasteiger partial charge in [-0.3, -0.25) is 9.80 Å². The number of amides is 1. The first-order chi connectivity index (χ1) is 11.1. The molecule has 2 heterocycles. The van der Waals surface area contributed by atoms with E-state index in [-0.39, 0.29) is 24.7 Å². The number of carbonyl (C=O) groups excluding carboxylic acids is 1. The van der Waals surface area contributed by atoms with Gasteiger partial charge in [-0.25, -0.2) is 0 Å². The molecule has 1 saturated heterocycles. The number of methoxy groups -OCH3 is 1. The summed E-state index contributed by atoms with van der Waals surface area (Å²) >= 11 is 0. The van der Waals surface area contributed by atoms with Gasteiger partial charge in [0, 0.05) is 37.9 Å². The van der Waals surface area contributed by atoms with E-state index in [1.54, 1.807) is 12.0 Å². The summed E-state index contributed by atoms with van der Waals surface area (Å²) in [6.07, 6.45) is 1.65. The Morgan fingerprint density at radius 1 is 1.39 bits per heavy atom. The van der Waals surface area contributed by atoms with Gasteiger partial charge in [0.1, 0.15) is 0 Å². The fraction of sp³-hybridized carbons (Fsp3) is 0.529. The summed E-state index contributed by atoms with van der Waals surface area (Å²) in [6.45, 7) is 3.39. The van der Waals surface area contributed by atoms with Gasteiger partial charge in [0.2, 0.25) is 0 Å². The molecule has 23 heavy (non-hydrogen) atoms. The summed E-state index contributed by atoms with van der Waals surface area (Å²) in [4.78, 5) is 14.4. The molecule has 1 aromatic rings. The fourth-order valence-corrected chi connectivity index (χ4v) is 3.17. The molecule has 1 fully saturated rings. The second-order valence-corrected chi connectivity index (χ2v) is 6.14. The number of aliphatic hydroxyl groups excluding tert-OH is 1. The van der Waals surface area contributed by atoms with Crippen LogP contribution >= 0.6 is 0 Å². The zero-order valence-electron chi connectivity index (χ0n) is 13.6. The summed E-state index contributed by atoms with van der Waals surface area (Å²) in [5.41, 5.74) is 2.75. The van der Waals surface area contributed by atoms with Gasteiger partial charge in [0.25, 0.3) is 5.91 Å². The lowest BCUT2D eigenvalue weighted by Crippen LogP contribution is -2.38. The maximum atomic E-state index is 12.7. The topological polar surface area (TPSA) is 65.4 Å². The van der Waals surface area contributed by atoms with Crippen LogP contribution in [0.2, 0.25) is 0 Å². The van der Waals surface area contributed by atoms with Crippen LogP contribution in [0.4, 0.5) is 5.69 Å². The van der Waals surface area contributed by atoms with E-state index < -0.39 is 0 Å². The monoisotopic (exact) mass is 317 g/mol. The lowest BCUT2D eigenvalue weighted by molar-refractivity contribution is 0.0648. The first-order valence-corrected chi connectivity index (χ1v) is 7.98. The Kier molecular flexibility index (Phi) is 4.63. The van der Waals surface area contributed by atoms with Crippen molar-refractivity contribution in [1.82, 2.24) is 4.90 Å². The molecule has 0 radical (unpaired) electrons. The van der Waals surface area contributed by atoms with Crippen molar-refractivity contribution < 1.29 is 14.6 Å². The van der Waals surface area contributed by atoms with E-state index in [9.17, 15) is 9.90 Å². The highest BCUT2D eigenvalue weighted by Gasteiger charge is 2.35. The smallest absolute Gasteiger partial charge is 0.254 e. The van der Waals surface area contributed by atoms with E-state index in [2.05, 4.69) is 5.10 Å². The van der Waals surface area contributed by atoms with Gasteiger partial charge in [-0.1, -0.05) is 0 Å². The highest BCUT2D eigenvalue weighted by atomic mass is 16.5. The molecular formula is C17H23N3O3. The number of rotatable bonds is 4. The average Bonchev–Trinajstić information content (AvgIpc) is 3.20. The average molecular weight is 317 g/mol. The number of anilines is 1. The van der Waals surface area contributed by atoms with Crippen molar-refractivity contribution in [1.29, 1.82) is 0 Å². The standard InChI is InChI=1S/C17H23N3O3/c1-12-7-8-20(18-12)14-5-3-13(4-6-14)17(22)19-10-16(23-2)9-15(19)11-21/h3-6,15-16,21H,7-11H2,1-2H3/t15-,16-/m0/s1. The van der Waals surface area contributed by atoms with E-state index >= 15 is 0 Å². The number of benzene rings is 1. The van der Waals surface area contributed by atoms with Gasteiger partial charge in [-0.15, -0.1) is 0 Å². The lowest BCUT2D eigenvalue weighted by atomic mass is 10.1. The van der Waals surface area contributed by atoms with Crippen molar-refractivity contribution >= 4 is 17.3 Å². The maximum absolute atomic E-state index is 12.7. The Morgan fingerprint density at radius 3 is 2.70 bits per heavy atom. The SMILES string of the molecule is CO[C@H]1C[C@@H](CO)N(C(=O)c2ccc(N3CCC(C)=N3)cc2)C1. The number of ether oxygens (including phenoxy) is 1. The van der Waals surface area contributed by atoms with Crippen molar-refractivity contribution in [3.63, 3.8) is 0 Å². The van der Waals surface area contributed by atoms with E-state index in [0.29, 0.717) is 18.5 Å². The van der Waals surface area contributed by atoms with Crippen LogP contribution in [-0.2, 0) is 4.74 Å². The zero-order valence-corrected chi connectivity index (χ0v) is 13.6. The van der Waals surface area contributed by atoms with Gasteiger partial charge < -0.3 is 14.7 Å². The molecule has 0 saturated carbocycles. The van der Waals surface area contributed by atoms with Crippen LogP contribution in [0.1, 0.15) is 30.1 Å². The van der Waals surface area contributed by atoms with Crippen molar-refractivity contribution in [2.24, 2.45) is 5.10 Å². The van der Waals surface area contributed by atoms with Crippen LogP contribution in [0.25, 0.3) is 0 Å². The molecule has 0 aliphatic carbocycles. The predicted molar refractivity (Wildman–Crippen MR) is 88.8 cm³/mol. The van der Waals surface area contributed by atoms with Crippen molar-refractivity contribution in [3.8, 4) is 0 Å². The highest BCUT2D eigenvalue weighted by Crippen LogP contribution is 2.24. The molecule has 0 spiro atoms. The van der Waals surface area contributed by atoms with E-state index in [4.69, 9.17) is 4.74 Å². The Labute approximate surface area is 136 Å². The third-order valence-electron chi connectivity index (χ3n) is 4.57. The zero-order chi connectivity index (χ0) is 16.4. The first kappa shape index (κ1) is 16.0. The molecule has 6 heteroatoms. The Balaban J connectivity index is 1.73. The van der Waals surface area contributed by atoms with Gasteiger partial charge in [0.05, 0.1) is 24.4 Å². The maximum Gasteiger partial charge on any atom is 0.254 e. The fourth-order valence-electron chi connectivity index (χ4n) is 3.17. The van der Waals surface area contributed by atoms with Gasteiger partial charge in [-0.05, 0) is 37.6 Å². The molecule has 1 aromatic carbocycles. The van der Waals surface area contributed by atoms with Crippen LogP contribution < -0.4 is 5.01 Å². The highest BCUT2D eigenvalue weighted by molar-refractivity contribution is 5.95. The van der Waals surface area contributed by atoms with Crippen molar-refractivity contribution in [2.45, 2.75) is 31.9 Å². The number of hydrogen-bond donors (Lipinski definition) is 1. The molecule has 6 nitrogen and oxygen atoms in total. The number of likely N-dealkylation sites (tertiary alicyclic amines) is 1. The van der Waals surface area contributed by atoms with E-state index in [1.807, 2.05) is 36.2 Å². The summed E-state index contributed by atoms with van der Waals surface area (Å²) in [5.74, 6) is -0.0590. The van der Waals surface area contributed by atoms with E-state index in [0.717, 1.165) is 24.4 Å². The molecule has 2 aliphatic rings. The molecule has 0 bridgehead atoms. The van der Waals surface area contributed by atoms with Gasteiger partial charge >= 0.3 is 0 Å². The number of hydrazone groups is 1. The van der Waals surface area contributed by atoms with Crippen molar-refractivity contribution in [2.75, 3.05) is 31.8 Å². The normalized spacial score (nSPS) is 24.2. The third-order valence-corrected chi connectivity index (χ3v) is 4.57. The van der Waals surface area contributed by atoms with Crippen LogP contribution in [0.3, 0.4) is 0 Å². The lowest BCUT2D eigenvalue weighted by Gasteiger charge is -2.23. The van der Waals surface area contributed by atoms with Crippen LogP contribution in [0.5, 0.6) is 0 Å². The van der Waals surface area contributed by atoms with E-state index in [1.165, 1.54) is 0 Å². The largest absolute Gasteiger partial charge is 0.394 e. The first-order valence-electron chi connectivity index (χ1n) is 7.98. The minimum Gasteiger partial charge on any atom is -0.394 e. The summed E-state index contributed by atoms with van der Waals surface area (Å²) in [5, 5.41) is 15.9. The molecule has 0 unspecified atom stereocenters. The number of hydrogen-bond acceptors (Lipinski definition) is 5. The predicted octanol–water partition coefficient (Wildman–Crippen LogP) is 1.49. The minimum absolute atomic E-state index is 0.00251. The van der Waals surface area contributed by atoms with Gasteiger partial charge in [0.15, 0.2) is 0 Å². The van der Waals surface area contributed by atoms with Gasteiger partial charge in [-0.2, -0.15) is 5.10 Å². The molecule has 3 rings (SSSR count). The van der Waals surface area contributed by atoms with Crippen LogP contribution in [0, 0.1) is 0 Å². The second-order valence-electron chi connectivity index (χ2n) is 6.14. The third kappa shape index (κ3) is 3.23.